The van der Waals surface area contributed by atoms with Gasteiger partial charge < -0.3 is 4.98 Å². The van der Waals surface area contributed by atoms with Crippen molar-refractivity contribution in [3.05, 3.63) is 69.8 Å². The molecule has 140 valence electrons. The Hall–Kier alpha value is -1.54. The first-order valence-electron chi connectivity index (χ1n) is 10.6. The number of halogens is 1. The lowest BCUT2D eigenvalue weighted by Crippen LogP contribution is -2.18. The predicted molar refractivity (Wildman–Crippen MR) is 117 cm³/mol. The molecule has 0 saturated heterocycles. The fraction of sp³-hybridized carbons (Fsp3) is 0.440. The zero-order valence-corrected chi connectivity index (χ0v) is 17.5. The predicted octanol–water partition coefficient (Wildman–Crippen LogP) is 7.71. The summed E-state index contributed by atoms with van der Waals surface area (Å²) in [5, 5.41) is 1.44. The van der Waals surface area contributed by atoms with E-state index in [1.165, 1.54) is 66.7 Å². The molecule has 0 spiro atoms. The van der Waals surface area contributed by atoms with Crippen LogP contribution in [0.4, 0.5) is 0 Å². The first-order chi connectivity index (χ1) is 13.3. The van der Waals surface area contributed by atoms with Crippen LogP contribution in [0.25, 0.3) is 10.9 Å². The van der Waals surface area contributed by atoms with Gasteiger partial charge in [-0.2, -0.15) is 0 Å². The molecule has 1 nitrogen and oxygen atoms in total. The standard InChI is InChI=1S/C25H28BrN/c26-21-13-14-24-23(16-21)22-8-4-7-20(25(22)27-24)15-17-9-11-19(12-10-17)18-5-2-1-3-6-18/h1-3,5-6,13-14,16-17,19-20,27H,4,7-12,15H2. The Morgan fingerprint density at radius 2 is 1.74 bits per heavy atom. The van der Waals surface area contributed by atoms with Gasteiger partial charge in [0, 0.05) is 21.1 Å². The van der Waals surface area contributed by atoms with Gasteiger partial charge in [-0.1, -0.05) is 46.3 Å². The number of hydrogen-bond donors (Lipinski definition) is 1. The molecule has 1 saturated carbocycles. The molecule has 2 aliphatic carbocycles. The lowest BCUT2D eigenvalue weighted by atomic mass is 9.73. The highest BCUT2D eigenvalue weighted by molar-refractivity contribution is 9.10. The highest BCUT2D eigenvalue weighted by atomic mass is 79.9. The molecule has 5 rings (SSSR count). The molecule has 2 aliphatic rings. The minimum absolute atomic E-state index is 0.734. The van der Waals surface area contributed by atoms with Crippen molar-refractivity contribution in [2.24, 2.45) is 5.92 Å². The van der Waals surface area contributed by atoms with Gasteiger partial charge in [0.25, 0.3) is 0 Å². The molecule has 1 heterocycles. The third-order valence-electron chi connectivity index (χ3n) is 7.02. The Balaban J connectivity index is 1.30. The van der Waals surface area contributed by atoms with Crippen molar-refractivity contribution in [3.8, 4) is 0 Å². The lowest BCUT2D eigenvalue weighted by molar-refractivity contribution is 0.283. The van der Waals surface area contributed by atoms with Crippen LogP contribution in [-0.2, 0) is 6.42 Å². The first kappa shape index (κ1) is 17.6. The van der Waals surface area contributed by atoms with Gasteiger partial charge in [-0.05, 0) is 98.4 Å². The normalized spacial score (nSPS) is 25.4. The van der Waals surface area contributed by atoms with E-state index in [2.05, 4.69) is 69.4 Å². The number of rotatable bonds is 3. The van der Waals surface area contributed by atoms with E-state index in [9.17, 15) is 0 Å². The third kappa shape index (κ3) is 3.49. The van der Waals surface area contributed by atoms with Gasteiger partial charge in [0.15, 0.2) is 0 Å². The summed E-state index contributed by atoms with van der Waals surface area (Å²) < 4.78 is 1.19. The Morgan fingerprint density at radius 1 is 0.926 bits per heavy atom. The minimum atomic E-state index is 0.734. The molecule has 1 unspecified atom stereocenters. The van der Waals surface area contributed by atoms with Crippen LogP contribution < -0.4 is 0 Å². The summed E-state index contributed by atoms with van der Waals surface area (Å²) in [6, 6.07) is 17.9. The Bertz CT molecular complexity index is 918. The Morgan fingerprint density at radius 3 is 2.56 bits per heavy atom. The van der Waals surface area contributed by atoms with Gasteiger partial charge in [0.2, 0.25) is 0 Å². The fourth-order valence-corrected chi connectivity index (χ4v) is 5.98. The smallest absolute Gasteiger partial charge is 0.0459 e. The number of nitrogens with one attached hydrogen (secondary N) is 1. The SMILES string of the molecule is Brc1ccc2[nH]c3c(c2c1)CCCC3CC1CCC(c2ccccc2)CC1. The number of benzene rings is 2. The maximum absolute atomic E-state index is 3.80. The molecule has 2 aromatic carbocycles. The molecule has 0 aliphatic heterocycles. The van der Waals surface area contributed by atoms with E-state index in [4.69, 9.17) is 0 Å². The van der Waals surface area contributed by atoms with Crippen molar-refractivity contribution in [2.45, 2.75) is 63.2 Å². The average molecular weight is 422 g/mol. The zero-order valence-electron chi connectivity index (χ0n) is 15.9. The monoisotopic (exact) mass is 421 g/mol. The molecule has 1 aromatic heterocycles. The summed E-state index contributed by atoms with van der Waals surface area (Å²) in [6.45, 7) is 0. The van der Waals surface area contributed by atoms with Crippen LogP contribution in [0.5, 0.6) is 0 Å². The Kier molecular flexibility index (Phi) is 4.85. The van der Waals surface area contributed by atoms with Crippen LogP contribution in [0.2, 0.25) is 0 Å². The summed E-state index contributed by atoms with van der Waals surface area (Å²) in [5.41, 5.74) is 6.03. The number of aryl methyl sites for hydroxylation is 1. The Labute approximate surface area is 170 Å². The van der Waals surface area contributed by atoms with Crippen LogP contribution in [0.1, 0.15) is 73.6 Å². The van der Waals surface area contributed by atoms with Crippen molar-refractivity contribution >= 4 is 26.8 Å². The second-order valence-electron chi connectivity index (χ2n) is 8.66. The van der Waals surface area contributed by atoms with E-state index in [0.717, 1.165) is 17.8 Å². The van der Waals surface area contributed by atoms with Gasteiger partial charge in [-0.15, -0.1) is 0 Å². The largest absolute Gasteiger partial charge is 0.358 e. The molecule has 0 radical (unpaired) electrons. The van der Waals surface area contributed by atoms with Crippen molar-refractivity contribution in [2.75, 3.05) is 0 Å². The van der Waals surface area contributed by atoms with Crippen molar-refractivity contribution in [1.29, 1.82) is 0 Å². The van der Waals surface area contributed by atoms with Gasteiger partial charge in [-0.25, -0.2) is 0 Å². The van der Waals surface area contributed by atoms with Gasteiger partial charge >= 0.3 is 0 Å². The summed E-state index contributed by atoms with van der Waals surface area (Å²) in [6.07, 6.45) is 10.9. The van der Waals surface area contributed by atoms with E-state index < -0.39 is 0 Å². The molecular weight excluding hydrogens is 394 g/mol. The highest BCUT2D eigenvalue weighted by Gasteiger charge is 2.29. The van der Waals surface area contributed by atoms with Gasteiger partial charge in [0.1, 0.15) is 0 Å². The van der Waals surface area contributed by atoms with E-state index >= 15 is 0 Å². The summed E-state index contributed by atoms with van der Waals surface area (Å²) >= 11 is 3.65. The molecule has 0 amide bonds. The maximum atomic E-state index is 3.80. The fourth-order valence-electron chi connectivity index (χ4n) is 5.62. The van der Waals surface area contributed by atoms with E-state index in [-0.39, 0.29) is 0 Å². The average Bonchev–Trinajstić information content (AvgIpc) is 3.08. The molecule has 0 bridgehead atoms. The van der Waals surface area contributed by atoms with Crippen LogP contribution in [0.15, 0.2) is 53.0 Å². The molecule has 2 heteroatoms. The first-order valence-corrected chi connectivity index (χ1v) is 11.4. The van der Waals surface area contributed by atoms with Crippen molar-refractivity contribution in [3.63, 3.8) is 0 Å². The molecular formula is C25H28BrN. The third-order valence-corrected chi connectivity index (χ3v) is 7.52. The summed E-state index contributed by atoms with van der Waals surface area (Å²) in [5.74, 6) is 2.42. The molecule has 3 aromatic rings. The zero-order chi connectivity index (χ0) is 18.2. The van der Waals surface area contributed by atoms with E-state index in [1.807, 2.05) is 0 Å². The van der Waals surface area contributed by atoms with Crippen LogP contribution >= 0.6 is 15.9 Å². The van der Waals surface area contributed by atoms with Crippen LogP contribution in [-0.4, -0.2) is 4.98 Å². The topological polar surface area (TPSA) is 15.8 Å². The van der Waals surface area contributed by atoms with Crippen LogP contribution in [0.3, 0.4) is 0 Å². The quantitative estimate of drug-likeness (QED) is 0.445. The second-order valence-corrected chi connectivity index (χ2v) is 9.58. The molecule has 1 N–H and O–H groups in total. The highest BCUT2D eigenvalue weighted by Crippen LogP contribution is 2.44. The van der Waals surface area contributed by atoms with Gasteiger partial charge in [-0.3, -0.25) is 0 Å². The van der Waals surface area contributed by atoms with Crippen molar-refractivity contribution in [1.82, 2.24) is 4.98 Å². The molecule has 1 fully saturated rings. The number of fused-ring (bicyclic) bond motifs is 3. The van der Waals surface area contributed by atoms with Crippen molar-refractivity contribution < 1.29 is 0 Å². The maximum Gasteiger partial charge on any atom is 0.0459 e. The van der Waals surface area contributed by atoms with E-state index in [0.29, 0.717) is 0 Å². The number of aromatic nitrogens is 1. The number of hydrogen-bond acceptors (Lipinski definition) is 0. The molecule has 27 heavy (non-hydrogen) atoms. The number of aromatic amines is 1. The van der Waals surface area contributed by atoms with Crippen LogP contribution in [0, 0.1) is 5.92 Å². The second kappa shape index (κ2) is 7.47. The van der Waals surface area contributed by atoms with Gasteiger partial charge in [0.05, 0.1) is 0 Å². The van der Waals surface area contributed by atoms with E-state index in [1.54, 1.807) is 16.8 Å². The minimum Gasteiger partial charge on any atom is -0.358 e. The number of H-pyrrole nitrogens is 1. The summed E-state index contributed by atoms with van der Waals surface area (Å²) in [4.78, 5) is 3.80. The molecule has 1 atom stereocenters. The lowest BCUT2D eigenvalue weighted by Gasteiger charge is -2.32. The summed E-state index contributed by atoms with van der Waals surface area (Å²) in [7, 11) is 0.